The number of ether oxygens (including phenoxy) is 1. The Kier molecular flexibility index (Phi) is 4.22. The fourth-order valence-electron chi connectivity index (χ4n) is 0.952. The third-order valence-electron chi connectivity index (χ3n) is 1.60. The van der Waals surface area contributed by atoms with Gasteiger partial charge in [-0.25, -0.2) is 14.4 Å². The number of hydrogen-bond donors (Lipinski definition) is 0. The van der Waals surface area contributed by atoms with Crippen molar-refractivity contribution in [2.45, 2.75) is 26.9 Å². The highest BCUT2D eigenvalue weighted by molar-refractivity contribution is 6.29. The van der Waals surface area contributed by atoms with Crippen molar-refractivity contribution in [3.8, 4) is 0 Å². The first-order valence-corrected chi connectivity index (χ1v) is 4.79. The first kappa shape index (κ1) is 11.3. The van der Waals surface area contributed by atoms with Crippen LogP contribution < -0.4 is 0 Å². The molecule has 0 saturated heterocycles. The minimum atomic E-state index is -0.564. The maximum absolute atomic E-state index is 13.0. The third-order valence-corrected chi connectivity index (χ3v) is 1.85. The standard InChI is InChI=1S/C9H12ClFN2O/c1-3-4-14-5-7-12-6(2)8(11)9(10)13-7/h3-5H2,1-2H3. The molecule has 0 aliphatic heterocycles. The molecule has 0 fully saturated rings. The molecule has 3 nitrogen and oxygen atoms in total. The maximum Gasteiger partial charge on any atom is 0.181 e. The molecule has 0 saturated carbocycles. The van der Waals surface area contributed by atoms with E-state index in [1.807, 2.05) is 6.92 Å². The second-order valence-corrected chi connectivity index (χ2v) is 3.24. The van der Waals surface area contributed by atoms with E-state index in [9.17, 15) is 4.39 Å². The van der Waals surface area contributed by atoms with Gasteiger partial charge < -0.3 is 4.74 Å². The minimum Gasteiger partial charge on any atom is -0.373 e. The van der Waals surface area contributed by atoms with Gasteiger partial charge in [0.25, 0.3) is 0 Å². The van der Waals surface area contributed by atoms with Gasteiger partial charge in [0.15, 0.2) is 16.8 Å². The molecular weight excluding hydrogens is 207 g/mol. The van der Waals surface area contributed by atoms with Crippen LogP contribution >= 0.6 is 11.6 Å². The molecule has 78 valence electrons. The first-order valence-electron chi connectivity index (χ1n) is 4.41. The topological polar surface area (TPSA) is 35.0 Å². The lowest BCUT2D eigenvalue weighted by molar-refractivity contribution is 0.116. The molecule has 1 aromatic rings. The fourth-order valence-corrected chi connectivity index (χ4v) is 1.19. The summed E-state index contributed by atoms with van der Waals surface area (Å²) in [6.07, 6.45) is 0.925. The Hall–Kier alpha value is -0.740. The summed E-state index contributed by atoms with van der Waals surface area (Å²) in [5.41, 5.74) is 0.250. The van der Waals surface area contributed by atoms with Gasteiger partial charge in [-0.2, -0.15) is 0 Å². The average molecular weight is 219 g/mol. The van der Waals surface area contributed by atoms with Gasteiger partial charge in [-0.15, -0.1) is 0 Å². The van der Waals surface area contributed by atoms with Crippen molar-refractivity contribution in [1.82, 2.24) is 9.97 Å². The van der Waals surface area contributed by atoms with E-state index in [0.717, 1.165) is 6.42 Å². The van der Waals surface area contributed by atoms with Crippen LogP contribution in [0.5, 0.6) is 0 Å². The molecule has 0 aromatic carbocycles. The van der Waals surface area contributed by atoms with Crippen LogP contribution in [0, 0.1) is 12.7 Å². The molecule has 0 aliphatic rings. The molecule has 1 aromatic heterocycles. The van der Waals surface area contributed by atoms with E-state index in [0.29, 0.717) is 12.4 Å². The summed E-state index contributed by atoms with van der Waals surface area (Å²) >= 11 is 5.55. The van der Waals surface area contributed by atoms with Crippen molar-refractivity contribution in [3.63, 3.8) is 0 Å². The molecule has 5 heteroatoms. The fraction of sp³-hybridized carbons (Fsp3) is 0.556. The van der Waals surface area contributed by atoms with E-state index in [1.165, 1.54) is 0 Å². The number of aromatic nitrogens is 2. The average Bonchev–Trinajstić information content (AvgIpc) is 2.14. The largest absolute Gasteiger partial charge is 0.373 e. The molecule has 0 aliphatic carbocycles. The van der Waals surface area contributed by atoms with Crippen molar-refractivity contribution >= 4 is 11.6 Å². The number of halogens is 2. The smallest absolute Gasteiger partial charge is 0.181 e. The zero-order valence-corrected chi connectivity index (χ0v) is 8.94. The Labute approximate surface area is 87.3 Å². The van der Waals surface area contributed by atoms with Crippen molar-refractivity contribution < 1.29 is 9.13 Å². The molecule has 14 heavy (non-hydrogen) atoms. The number of nitrogens with zero attached hydrogens (tertiary/aromatic N) is 2. The van der Waals surface area contributed by atoms with Gasteiger partial charge in [0.1, 0.15) is 6.61 Å². The molecule has 0 amide bonds. The van der Waals surface area contributed by atoms with E-state index in [1.54, 1.807) is 6.92 Å². The van der Waals surface area contributed by atoms with Crippen LogP contribution in [0.25, 0.3) is 0 Å². The Morgan fingerprint density at radius 3 is 2.71 bits per heavy atom. The lowest BCUT2D eigenvalue weighted by Crippen LogP contribution is -2.04. The van der Waals surface area contributed by atoms with Gasteiger partial charge in [-0.3, -0.25) is 0 Å². The van der Waals surface area contributed by atoms with Crippen LogP contribution in [0.2, 0.25) is 5.15 Å². The third kappa shape index (κ3) is 2.89. The van der Waals surface area contributed by atoms with Crippen LogP contribution in [0.15, 0.2) is 0 Å². The maximum atomic E-state index is 13.0. The molecule has 0 N–H and O–H groups in total. The molecule has 0 unspecified atom stereocenters. The molecular formula is C9H12ClFN2O. The summed E-state index contributed by atoms with van der Waals surface area (Å²) < 4.78 is 18.2. The van der Waals surface area contributed by atoms with Gasteiger partial charge in [0.05, 0.1) is 5.69 Å². The van der Waals surface area contributed by atoms with Crippen LogP contribution in [-0.2, 0) is 11.3 Å². The second kappa shape index (κ2) is 5.22. The molecule has 0 radical (unpaired) electrons. The highest BCUT2D eigenvalue weighted by Gasteiger charge is 2.08. The van der Waals surface area contributed by atoms with E-state index in [-0.39, 0.29) is 17.5 Å². The molecule has 0 spiro atoms. The summed E-state index contributed by atoms with van der Waals surface area (Å²) in [7, 11) is 0. The van der Waals surface area contributed by atoms with Crippen molar-refractivity contribution in [3.05, 3.63) is 22.5 Å². The zero-order chi connectivity index (χ0) is 10.6. The first-order chi connectivity index (χ1) is 6.65. The predicted molar refractivity (Wildman–Crippen MR) is 51.7 cm³/mol. The molecule has 0 bridgehead atoms. The lowest BCUT2D eigenvalue weighted by Gasteiger charge is -2.04. The molecule has 1 rings (SSSR count). The quantitative estimate of drug-likeness (QED) is 0.575. The van der Waals surface area contributed by atoms with E-state index < -0.39 is 5.82 Å². The summed E-state index contributed by atoms with van der Waals surface area (Å²) in [4.78, 5) is 7.67. The van der Waals surface area contributed by atoms with Crippen molar-refractivity contribution in [2.24, 2.45) is 0 Å². The summed E-state index contributed by atoms with van der Waals surface area (Å²) in [5, 5.41) is -0.146. The highest BCUT2D eigenvalue weighted by Crippen LogP contribution is 2.13. The van der Waals surface area contributed by atoms with E-state index >= 15 is 0 Å². The van der Waals surface area contributed by atoms with Crippen molar-refractivity contribution in [2.75, 3.05) is 6.61 Å². The van der Waals surface area contributed by atoms with Crippen molar-refractivity contribution in [1.29, 1.82) is 0 Å². The monoisotopic (exact) mass is 218 g/mol. The highest BCUT2D eigenvalue weighted by atomic mass is 35.5. The normalized spacial score (nSPS) is 10.6. The Morgan fingerprint density at radius 1 is 1.43 bits per heavy atom. The summed E-state index contributed by atoms with van der Waals surface area (Å²) in [5.74, 6) is -0.145. The Bertz CT molecular complexity index is 297. The number of hydrogen-bond acceptors (Lipinski definition) is 3. The summed E-state index contributed by atoms with van der Waals surface area (Å²) in [6, 6.07) is 0. The number of aryl methyl sites for hydroxylation is 1. The Balaban J connectivity index is 2.69. The number of rotatable bonds is 4. The van der Waals surface area contributed by atoms with E-state index in [2.05, 4.69) is 9.97 Å². The summed E-state index contributed by atoms with van der Waals surface area (Å²) in [6.45, 7) is 4.46. The van der Waals surface area contributed by atoms with Gasteiger partial charge in [0, 0.05) is 6.61 Å². The predicted octanol–water partition coefficient (Wildman–Crippen LogP) is 2.50. The Morgan fingerprint density at radius 2 is 2.14 bits per heavy atom. The van der Waals surface area contributed by atoms with Gasteiger partial charge in [-0.05, 0) is 13.3 Å². The molecule has 0 atom stereocenters. The SMILES string of the molecule is CCCOCc1nc(C)c(F)c(Cl)n1. The zero-order valence-electron chi connectivity index (χ0n) is 8.18. The van der Waals surface area contributed by atoms with E-state index in [4.69, 9.17) is 16.3 Å². The van der Waals surface area contributed by atoms with Crippen LogP contribution in [-0.4, -0.2) is 16.6 Å². The van der Waals surface area contributed by atoms with Crippen LogP contribution in [0.4, 0.5) is 4.39 Å². The van der Waals surface area contributed by atoms with Gasteiger partial charge in [-0.1, -0.05) is 18.5 Å². The molecule has 1 heterocycles. The lowest BCUT2D eigenvalue weighted by atomic mass is 10.4. The minimum absolute atomic E-state index is 0.146. The van der Waals surface area contributed by atoms with Gasteiger partial charge >= 0.3 is 0 Å². The second-order valence-electron chi connectivity index (χ2n) is 2.88. The van der Waals surface area contributed by atoms with Crippen LogP contribution in [0.3, 0.4) is 0 Å². The van der Waals surface area contributed by atoms with Gasteiger partial charge in [0.2, 0.25) is 0 Å². The van der Waals surface area contributed by atoms with Crippen LogP contribution in [0.1, 0.15) is 24.9 Å².